The van der Waals surface area contributed by atoms with Crippen molar-refractivity contribution in [3.63, 3.8) is 0 Å². The number of carbonyl (C=O) groups is 1. The molecular weight excluding hydrogens is 234 g/mol. The van der Waals surface area contributed by atoms with Crippen LogP contribution >= 0.6 is 11.5 Å². The van der Waals surface area contributed by atoms with Gasteiger partial charge in [-0.2, -0.15) is 4.37 Å². The van der Waals surface area contributed by atoms with E-state index in [1.54, 1.807) is 0 Å². The molecule has 3 unspecified atom stereocenters. The molecule has 1 heterocycles. The van der Waals surface area contributed by atoms with Crippen molar-refractivity contribution in [1.82, 2.24) is 4.37 Å². The highest BCUT2D eigenvalue weighted by Crippen LogP contribution is 2.23. The Bertz CT molecular complexity index is 367. The van der Waals surface area contributed by atoms with Crippen LogP contribution in [0.5, 0.6) is 0 Å². The first kappa shape index (κ1) is 13.2. The summed E-state index contributed by atoms with van der Waals surface area (Å²) in [6.45, 7) is 0.681. The highest BCUT2D eigenvalue weighted by molar-refractivity contribution is 7.06. The van der Waals surface area contributed by atoms with Gasteiger partial charge in [0.25, 0.3) is 0 Å². The van der Waals surface area contributed by atoms with E-state index < -0.39 is 24.9 Å². The van der Waals surface area contributed by atoms with Crippen LogP contribution in [0.4, 0.5) is 0 Å². The van der Waals surface area contributed by atoms with Crippen LogP contribution in [0, 0.1) is 0 Å². The Labute approximate surface area is 96.0 Å². The van der Waals surface area contributed by atoms with E-state index in [-0.39, 0.29) is 16.4 Å². The third-order valence-electron chi connectivity index (χ3n) is 2.09. The Morgan fingerprint density at radius 1 is 1.50 bits per heavy atom. The van der Waals surface area contributed by atoms with Gasteiger partial charge in [-0.1, -0.05) is 0 Å². The number of hydrogen-bond donors (Lipinski definition) is 4. The molecule has 0 aliphatic rings. The lowest BCUT2D eigenvalue weighted by Gasteiger charge is -2.19. The molecular formula is C9H13NO5S. The van der Waals surface area contributed by atoms with E-state index >= 15 is 0 Å². The normalized spacial score (nSPS) is 16.8. The fourth-order valence-electron chi connectivity index (χ4n) is 1.08. The van der Waals surface area contributed by atoms with Gasteiger partial charge in [-0.3, -0.25) is 4.79 Å². The summed E-state index contributed by atoms with van der Waals surface area (Å²) in [5, 5.41) is 36.8. The number of nitrogens with zero attached hydrogens (tertiary/aromatic N) is 1. The van der Waals surface area contributed by atoms with E-state index in [0.29, 0.717) is 0 Å². The fourth-order valence-corrected chi connectivity index (χ4v) is 1.88. The van der Waals surface area contributed by atoms with Crippen molar-refractivity contribution < 1.29 is 25.2 Å². The average molecular weight is 247 g/mol. The quantitative estimate of drug-likeness (QED) is 0.501. The minimum absolute atomic E-state index is 0.199. The highest BCUT2D eigenvalue weighted by Gasteiger charge is 2.27. The number of ketones is 1. The SMILES string of the molecule is CC(=O)c1cc(C(O)C(O)C(O)CO)sn1. The summed E-state index contributed by atoms with van der Waals surface area (Å²) in [6, 6.07) is 1.35. The van der Waals surface area contributed by atoms with E-state index in [2.05, 4.69) is 4.37 Å². The summed E-state index contributed by atoms with van der Waals surface area (Å²) in [7, 11) is 0. The van der Waals surface area contributed by atoms with Crippen LogP contribution in [-0.4, -0.2) is 49.4 Å². The van der Waals surface area contributed by atoms with Crippen molar-refractivity contribution in [3.05, 3.63) is 16.6 Å². The molecule has 0 spiro atoms. The Morgan fingerprint density at radius 2 is 2.12 bits per heavy atom. The van der Waals surface area contributed by atoms with Crippen LogP contribution in [0.25, 0.3) is 0 Å². The third-order valence-corrected chi connectivity index (χ3v) is 2.94. The minimum Gasteiger partial charge on any atom is -0.394 e. The second-order valence-corrected chi connectivity index (χ2v) is 4.19. The lowest BCUT2D eigenvalue weighted by Crippen LogP contribution is -2.34. The lowest BCUT2D eigenvalue weighted by atomic mass is 10.1. The molecule has 0 aromatic carbocycles. The lowest BCUT2D eigenvalue weighted by molar-refractivity contribution is -0.0765. The van der Waals surface area contributed by atoms with Crippen LogP contribution in [0.2, 0.25) is 0 Å². The molecule has 1 aromatic rings. The molecule has 7 heteroatoms. The molecule has 6 nitrogen and oxygen atoms in total. The number of aliphatic hydroxyl groups is 4. The zero-order valence-electron chi connectivity index (χ0n) is 8.57. The number of hydrogen-bond acceptors (Lipinski definition) is 7. The Morgan fingerprint density at radius 3 is 2.56 bits per heavy atom. The molecule has 0 aliphatic carbocycles. The zero-order chi connectivity index (χ0) is 12.3. The van der Waals surface area contributed by atoms with Gasteiger partial charge in [0.15, 0.2) is 5.78 Å². The molecule has 1 aromatic heterocycles. The molecule has 0 saturated carbocycles. The molecule has 1 rings (SSSR count). The van der Waals surface area contributed by atoms with Gasteiger partial charge in [0.1, 0.15) is 24.0 Å². The number of rotatable bonds is 5. The summed E-state index contributed by atoms with van der Waals surface area (Å²) in [5.74, 6) is -0.244. The summed E-state index contributed by atoms with van der Waals surface area (Å²) in [5.41, 5.74) is 0.199. The molecule has 0 saturated heterocycles. The van der Waals surface area contributed by atoms with Crippen molar-refractivity contribution in [2.45, 2.75) is 25.2 Å². The van der Waals surface area contributed by atoms with Crippen molar-refractivity contribution in [1.29, 1.82) is 0 Å². The van der Waals surface area contributed by atoms with Crippen molar-refractivity contribution in [3.8, 4) is 0 Å². The van der Waals surface area contributed by atoms with Gasteiger partial charge in [0, 0.05) is 6.92 Å². The Kier molecular flexibility index (Phi) is 4.51. The predicted molar refractivity (Wildman–Crippen MR) is 56.2 cm³/mol. The molecule has 0 radical (unpaired) electrons. The number of aliphatic hydroxyl groups excluding tert-OH is 4. The Balaban J connectivity index is 2.79. The van der Waals surface area contributed by atoms with Crippen molar-refractivity contribution in [2.24, 2.45) is 0 Å². The highest BCUT2D eigenvalue weighted by atomic mass is 32.1. The molecule has 16 heavy (non-hydrogen) atoms. The van der Waals surface area contributed by atoms with Gasteiger partial charge in [-0.25, -0.2) is 0 Å². The summed E-state index contributed by atoms with van der Waals surface area (Å²) in [6.07, 6.45) is -4.31. The summed E-state index contributed by atoms with van der Waals surface area (Å²) < 4.78 is 3.78. The van der Waals surface area contributed by atoms with Crippen LogP contribution in [0.15, 0.2) is 6.07 Å². The summed E-state index contributed by atoms with van der Waals surface area (Å²) >= 11 is 0.869. The van der Waals surface area contributed by atoms with Crippen molar-refractivity contribution in [2.75, 3.05) is 6.61 Å². The van der Waals surface area contributed by atoms with Crippen LogP contribution in [0.3, 0.4) is 0 Å². The van der Waals surface area contributed by atoms with Gasteiger partial charge >= 0.3 is 0 Å². The first-order valence-corrected chi connectivity index (χ1v) is 5.37. The average Bonchev–Trinajstić information content (AvgIpc) is 2.75. The number of carbonyl (C=O) groups excluding carboxylic acids is 1. The number of Topliss-reactive ketones (excluding diaryl/α,β-unsaturated/α-hetero) is 1. The van der Waals surface area contributed by atoms with E-state index in [9.17, 15) is 15.0 Å². The monoisotopic (exact) mass is 247 g/mol. The molecule has 0 aliphatic heterocycles. The maximum Gasteiger partial charge on any atom is 0.179 e. The standard InChI is InChI=1S/C9H13NO5S/c1-4(12)5-2-7(16-10-5)9(15)8(14)6(13)3-11/h2,6,8-9,11,13-15H,3H2,1H3. The van der Waals surface area contributed by atoms with E-state index in [4.69, 9.17) is 10.2 Å². The fraction of sp³-hybridized carbons (Fsp3) is 0.556. The topological polar surface area (TPSA) is 111 Å². The van der Waals surface area contributed by atoms with Crippen LogP contribution < -0.4 is 0 Å². The second-order valence-electron chi connectivity index (χ2n) is 3.36. The third kappa shape index (κ3) is 2.83. The maximum absolute atomic E-state index is 11.0. The first-order chi connectivity index (χ1) is 7.47. The van der Waals surface area contributed by atoms with Gasteiger partial charge in [0.05, 0.1) is 11.5 Å². The first-order valence-electron chi connectivity index (χ1n) is 4.60. The Hall–Kier alpha value is -0.860. The van der Waals surface area contributed by atoms with E-state index in [1.807, 2.05) is 0 Å². The van der Waals surface area contributed by atoms with Gasteiger partial charge in [-0.05, 0) is 17.6 Å². The van der Waals surface area contributed by atoms with Crippen LogP contribution in [-0.2, 0) is 0 Å². The number of aromatic nitrogens is 1. The molecule has 90 valence electrons. The molecule has 3 atom stereocenters. The van der Waals surface area contributed by atoms with Crippen molar-refractivity contribution >= 4 is 17.3 Å². The van der Waals surface area contributed by atoms with E-state index in [0.717, 1.165) is 11.5 Å². The largest absolute Gasteiger partial charge is 0.394 e. The molecule has 0 bridgehead atoms. The molecule has 0 amide bonds. The van der Waals surface area contributed by atoms with Gasteiger partial charge in [-0.15, -0.1) is 0 Å². The van der Waals surface area contributed by atoms with Gasteiger partial charge < -0.3 is 20.4 Å². The maximum atomic E-state index is 11.0. The summed E-state index contributed by atoms with van der Waals surface area (Å²) in [4.78, 5) is 11.2. The molecule has 0 fully saturated rings. The predicted octanol–water partition coefficient (Wildman–Crippen LogP) is -0.907. The van der Waals surface area contributed by atoms with E-state index in [1.165, 1.54) is 13.0 Å². The zero-order valence-corrected chi connectivity index (χ0v) is 9.39. The second kappa shape index (κ2) is 5.46. The molecule has 4 N–H and O–H groups in total. The minimum atomic E-state index is -1.51. The van der Waals surface area contributed by atoms with Gasteiger partial charge in [0.2, 0.25) is 0 Å². The van der Waals surface area contributed by atoms with Crippen LogP contribution in [0.1, 0.15) is 28.4 Å². The smallest absolute Gasteiger partial charge is 0.179 e.